The van der Waals surface area contributed by atoms with E-state index in [1.807, 2.05) is 6.92 Å². The Labute approximate surface area is 124 Å². The molecule has 1 spiro atoms. The Morgan fingerprint density at radius 2 is 2.33 bits per heavy atom. The number of nitrogens with one attached hydrogen (secondary N) is 1. The molecule has 6 nitrogen and oxygen atoms in total. The zero-order valence-corrected chi connectivity index (χ0v) is 12.7. The Hall–Kier alpha value is -1.69. The highest BCUT2D eigenvalue weighted by atomic mass is 16.5. The van der Waals surface area contributed by atoms with Crippen LogP contribution in [-0.2, 0) is 16.0 Å². The fraction of sp³-hybridized carbons (Fsp3) is 0.667. The molecule has 0 aromatic carbocycles. The normalized spacial score (nSPS) is 25.4. The predicted octanol–water partition coefficient (Wildman–Crippen LogP) is 0.833. The summed E-state index contributed by atoms with van der Waals surface area (Å²) in [6.07, 6.45) is 2.97. The largest absolute Gasteiger partial charge is 0.361 e. The van der Waals surface area contributed by atoms with E-state index in [1.54, 1.807) is 0 Å². The van der Waals surface area contributed by atoms with Gasteiger partial charge in [-0.2, -0.15) is 0 Å². The molecule has 1 N–H and O–H groups in total. The Kier molecular flexibility index (Phi) is 3.80. The number of morpholine rings is 1. The summed E-state index contributed by atoms with van der Waals surface area (Å²) < 4.78 is 5.80. The molecule has 1 amide bonds. The molecule has 2 fully saturated rings. The molecule has 1 atom stereocenters. The average molecular weight is 290 g/mol. The monoisotopic (exact) mass is 290 g/mol. The van der Waals surface area contributed by atoms with E-state index >= 15 is 0 Å². The number of anilines is 1. The summed E-state index contributed by atoms with van der Waals surface area (Å²) in [7, 11) is 0. The van der Waals surface area contributed by atoms with Gasteiger partial charge in [-0.15, -0.1) is 0 Å². The third-order valence-corrected chi connectivity index (χ3v) is 4.14. The molecular weight excluding hydrogens is 268 g/mol. The van der Waals surface area contributed by atoms with Gasteiger partial charge in [0.2, 0.25) is 5.91 Å². The lowest BCUT2D eigenvalue weighted by molar-refractivity contribution is -0.141. The van der Waals surface area contributed by atoms with Crippen molar-refractivity contribution in [3.63, 3.8) is 0 Å². The van der Waals surface area contributed by atoms with E-state index in [4.69, 9.17) is 4.74 Å². The highest BCUT2D eigenvalue weighted by molar-refractivity contribution is 5.78. The molecule has 3 rings (SSSR count). The average Bonchev–Trinajstić information content (AvgIpc) is 2.87. The molecule has 2 aliphatic heterocycles. The second-order valence-corrected chi connectivity index (χ2v) is 5.93. The molecule has 2 saturated heterocycles. The number of aromatic nitrogens is 2. The maximum Gasteiger partial charge on any atom is 0.246 e. The van der Waals surface area contributed by atoms with Crippen LogP contribution < -0.4 is 10.2 Å². The van der Waals surface area contributed by atoms with Crippen molar-refractivity contribution in [3.05, 3.63) is 17.6 Å². The summed E-state index contributed by atoms with van der Waals surface area (Å²) >= 11 is 0. The summed E-state index contributed by atoms with van der Waals surface area (Å²) in [5, 5.41) is 2.91. The van der Waals surface area contributed by atoms with Crippen LogP contribution in [0.25, 0.3) is 0 Å². The minimum absolute atomic E-state index is 0.0258. The lowest BCUT2D eigenvalue weighted by Gasteiger charge is -2.33. The van der Waals surface area contributed by atoms with Gasteiger partial charge in [0.25, 0.3) is 0 Å². The number of carbonyl (C=O) groups is 1. The van der Waals surface area contributed by atoms with Crippen LogP contribution >= 0.6 is 0 Å². The summed E-state index contributed by atoms with van der Waals surface area (Å²) in [5.74, 6) is 1.76. The first-order valence-corrected chi connectivity index (χ1v) is 7.60. The maximum absolute atomic E-state index is 11.2. The summed E-state index contributed by atoms with van der Waals surface area (Å²) in [6.45, 7) is 6.52. The molecule has 3 heterocycles. The van der Waals surface area contributed by atoms with E-state index in [1.165, 1.54) is 0 Å². The predicted molar refractivity (Wildman–Crippen MR) is 79.3 cm³/mol. The standard InChI is InChI=1S/C15H22N4O2/c1-3-4-12-7-13(18-11(2)17-12)19-6-5-15(10-19)9-16-14(20)8-21-15/h7H,3-6,8-10H2,1-2H3,(H,16,20). The number of hydrogen-bond donors (Lipinski definition) is 1. The maximum atomic E-state index is 11.2. The van der Waals surface area contributed by atoms with Gasteiger partial charge >= 0.3 is 0 Å². The number of rotatable bonds is 3. The second kappa shape index (κ2) is 5.60. The topological polar surface area (TPSA) is 67.4 Å². The fourth-order valence-corrected chi connectivity index (χ4v) is 3.04. The van der Waals surface area contributed by atoms with E-state index < -0.39 is 0 Å². The Morgan fingerprint density at radius 1 is 1.48 bits per heavy atom. The molecular formula is C15H22N4O2. The van der Waals surface area contributed by atoms with Gasteiger partial charge in [0, 0.05) is 24.8 Å². The molecule has 2 aliphatic rings. The number of nitrogens with zero attached hydrogens (tertiary/aromatic N) is 3. The van der Waals surface area contributed by atoms with Gasteiger partial charge in [0.1, 0.15) is 23.9 Å². The summed E-state index contributed by atoms with van der Waals surface area (Å²) in [5.41, 5.74) is 0.844. The second-order valence-electron chi connectivity index (χ2n) is 5.93. The van der Waals surface area contributed by atoms with E-state index in [2.05, 4.69) is 33.2 Å². The van der Waals surface area contributed by atoms with Crippen LogP contribution in [0.1, 0.15) is 31.3 Å². The first-order chi connectivity index (χ1) is 10.1. The summed E-state index contributed by atoms with van der Waals surface area (Å²) in [4.78, 5) is 22.5. The fourth-order valence-electron chi connectivity index (χ4n) is 3.04. The van der Waals surface area contributed by atoms with Crippen LogP contribution in [-0.4, -0.2) is 47.7 Å². The number of amides is 1. The quantitative estimate of drug-likeness (QED) is 0.893. The van der Waals surface area contributed by atoms with E-state index in [-0.39, 0.29) is 18.1 Å². The first kappa shape index (κ1) is 14.3. The van der Waals surface area contributed by atoms with Crippen LogP contribution in [0.4, 0.5) is 5.82 Å². The molecule has 1 aromatic heterocycles. The van der Waals surface area contributed by atoms with Gasteiger partial charge in [0.05, 0.1) is 6.54 Å². The van der Waals surface area contributed by atoms with Crippen molar-refractivity contribution in [1.29, 1.82) is 0 Å². The van der Waals surface area contributed by atoms with Crippen molar-refractivity contribution in [3.8, 4) is 0 Å². The molecule has 21 heavy (non-hydrogen) atoms. The van der Waals surface area contributed by atoms with E-state index in [0.717, 1.165) is 49.7 Å². The van der Waals surface area contributed by atoms with Gasteiger partial charge in [-0.3, -0.25) is 4.79 Å². The number of carbonyl (C=O) groups excluding carboxylic acids is 1. The zero-order valence-electron chi connectivity index (χ0n) is 12.7. The molecule has 0 radical (unpaired) electrons. The van der Waals surface area contributed by atoms with Gasteiger partial charge in [-0.25, -0.2) is 9.97 Å². The molecule has 1 unspecified atom stereocenters. The molecule has 114 valence electrons. The van der Waals surface area contributed by atoms with Crippen molar-refractivity contribution in [2.75, 3.05) is 31.1 Å². The molecule has 0 aliphatic carbocycles. The molecule has 1 aromatic rings. The van der Waals surface area contributed by atoms with Gasteiger partial charge in [-0.1, -0.05) is 13.3 Å². The Bertz CT molecular complexity index is 536. The van der Waals surface area contributed by atoms with Crippen LogP contribution in [0.2, 0.25) is 0 Å². The third kappa shape index (κ3) is 3.00. The smallest absolute Gasteiger partial charge is 0.246 e. The van der Waals surface area contributed by atoms with Gasteiger partial charge in [-0.05, 0) is 19.8 Å². The number of ether oxygens (including phenoxy) is 1. The zero-order chi connectivity index (χ0) is 14.9. The van der Waals surface area contributed by atoms with Crippen molar-refractivity contribution < 1.29 is 9.53 Å². The van der Waals surface area contributed by atoms with Crippen LogP contribution in [0.3, 0.4) is 0 Å². The van der Waals surface area contributed by atoms with Crippen molar-refractivity contribution in [1.82, 2.24) is 15.3 Å². The first-order valence-electron chi connectivity index (χ1n) is 7.60. The van der Waals surface area contributed by atoms with Gasteiger partial charge in [0.15, 0.2) is 0 Å². The van der Waals surface area contributed by atoms with Crippen molar-refractivity contribution in [2.45, 2.75) is 38.7 Å². The van der Waals surface area contributed by atoms with Crippen molar-refractivity contribution >= 4 is 11.7 Å². The van der Waals surface area contributed by atoms with Crippen LogP contribution in [0, 0.1) is 6.92 Å². The highest BCUT2D eigenvalue weighted by Gasteiger charge is 2.42. The molecule has 0 bridgehead atoms. The van der Waals surface area contributed by atoms with Gasteiger partial charge < -0.3 is 15.0 Å². The minimum Gasteiger partial charge on any atom is -0.361 e. The lowest BCUT2D eigenvalue weighted by atomic mass is 10.0. The SMILES string of the molecule is CCCc1cc(N2CCC3(CNC(=O)CO3)C2)nc(C)n1. The lowest BCUT2D eigenvalue weighted by Crippen LogP contribution is -2.53. The van der Waals surface area contributed by atoms with Crippen molar-refractivity contribution in [2.24, 2.45) is 0 Å². The van der Waals surface area contributed by atoms with E-state index in [9.17, 15) is 4.79 Å². The minimum atomic E-state index is -0.252. The van der Waals surface area contributed by atoms with E-state index in [0.29, 0.717) is 6.54 Å². The number of aryl methyl sites for hydroxylation is 2. The molecule has 6 heteroatoms. The summed E-state index contributed by atoms with van der Waals surface area (Å²) in [6, 6.07) is 2.08. The highest BCUT2D eigenvalue weighted by Crippen LogP contribution is 2.30. The van der Waals surface area contributed by atoms with Crippen LogP contribution in [0.5, 0.6) is 0 Å². The number of hydrogen-bond acceptors (Lipinski definition) is 5. The Morgan fingerprint density at radius 3 is 3.05 bits per heavy atom. The third-order valence-electron chi connectivity index (χ3n) is 4.14. The Balaban J connectivity index is 1.75. The molecule has 0 saturated carbocycles. The van der Waals surface area contributed by atoms with Crippen LogP contribution in [0.15, 0.2) is 6.07 Å².